The van der Waals surface area contributed by atoms with Gasteiger partial charge in [0.25, 0.3) is 0 Å². The van der Waals surface area contributed by atoms with Gasteiger partial charge in [0.1, 0.15) is 11.1 Å². The average molecular weight is 280 g/mol. The summed E-state index contributed by atoms with van der Waals surface area (Å²) in [7, 11) is 0. The summed E-state index contributed by atoms with van der Waals surface area (Å²) in [5, 5.41) is 2.54. The van der Waals surface area contributed by atoms with Crippen molar-refractivity contribution >= 4 is 23.7 Å². The molecule has 0 unspecified atom stereocenters. The van der Waals surface area contributed by atoms with Gasteiger partial charge in [0.15, 0.2) is 6.07 Å². The smallest absolute Gasteiger partial charge is 0.408 e. The van der Waals surface area contributed by atoms with Crippen LogP contribution in [0.2, 0.25) is 0 Å². The van der Waals surface area contributed by atoms with E-state index in [0.29, 0.717) is 12.8 Å². The van der Waals surface area contributed by atoms with E-state index in [2.05, 4.69) is 5.32 Å². The number of amides is 1. The number of ether oxygens (including phenoxy) is 2. The monoisotopic (exact) mass is 279 g/mol. The first kappa shape index (κ1) is 17.0. The number of hydrogen-bond donors (Lipinski definition) is 1. The molecule has 0 bridgehead atoms. The Hall–Kier alpha value is -0.970. The van der Waals surface area contributed by atoms with Gasteiger partial charge in [0.05, 0.1) is 0 Å². The quantitative estimate of drug-likeness (QED) is 0.621. The van der Waals surface area contributed by atoms with E-state index in [9.17, 15) is 9.59 Å². The molecule has 0 fully saturated rings. The molecule has 106 valence electrons. The minimum atomic E-state index is -1.12. The Kier molecular flexibility index (Phi) is 6.46. The molecule has 0 aromatic rings. The van der Waals surface area contributed by atoms with Gasteiger partial charge in [0, 0.05) is 0 Å². The number of carbonyl (C=O) groups excluding carboxylic acids is 2. The fraction of sp³-hybridized carbons (Fsp3) is 0.833. The van der Waals surface area contributed by atoms with Gasteiger partial charge in [-0.15, -0.1) is 0 Å². The molecule has 0 rings (SSSR count). The van der Waals surface area contributed by atoms with Gasteiger partial charge in [0.2, 0.25) is 0 Å². The Morgan fingerprint density at radius 1 is 1.22 bits per heavy atom. The standard InChI is InChI=1S/C12H22ClNO4/c1-6-7-12(5,9(15)17-8-13)14-10(16)18-11(2,3)4/h6-8H2,1-5H3,(H,14,16)/t12-/m0/s1. The summed E-state index contributed by atoms with van der Waals surface area (Å²) >= 11 is 5.36. The van der Waals surface area contributed by atoms with Gasteiger partial charge < -0.3 is 14.8 Å². The maximum atomic E-state index is 11.8. The second-order valence-corrected chi connectivity index (χ2v) is 5.47. The number of carbonyl (C=O) groups is 2. The van der Waals surface area contributed by atoms with Crippen LogP contribution in [0.5, 0.6) is 0 Å². The number of esters is 1. The van der Waals surface area contributed by atoms with Crippen molar-refractivity contribution in [3.8, 4) is 0 Å². The van der Waals surface area contributed by atoms with E-state index in [1.165, 1.54) is 0 Å². The first-order chi connectivity index (χ1) is 8.14. The van der Waals surface area contributed by atoms with Crippen molar-refractivity contribution < 1.29 is 19.1 Å². The number of nitrogens with one attached hydrogen (secondary N) is 1. The molecule has 0 spiro atoms. The lowest BCUT2D eigenvalue weighted by atomic mass is 9.96. The van der Waals surface area contributed by atoms with Crippen molar-refractivity contribution in [2.24, 2.45) is 0 Å². The van der Waals surface area contributed by atoms with Crippen molar-refractivity contribution in [2.45, 2.75) is 58.6 Å². The molecule has 1 amide bonds. The molecular weight excluding hydrogens is 258 g/mol. The largest absolute Gasteiger partial charge is 0.448 e. The van der Waals surface area contributed by atoms with Crippen molar-refractivity contribution in [1.82, 2.24) is 5.32 Å². The molecule has 0 saturated carbocycles. The summed E-state index contributed by atoms with van der Waals surface area (Å²) in [6, 6.07) is -0.242. The van der Waals surface area contributed by atoms with E-state index in [0.717, 1.165) is 0 Å². The summed E-state index contributed by atoms with van der Waals surface area (Å²) in [6.07, 6.45) is 0.510. The number of hydrogen-bond acceptors (Lipinski definition) is 4. The van der Waals surface area contributed by atoms with E-state index < -0.39 is 23.2 Å². The van der Waals surface area contributed by atoms with Crippen molar-refractivity contribution in [1.29, 1.82) is 0 Å². The third-order valence-corrected chi connectivity index (χ3v) is 2.27. The zero-order chi connectivity index (χ0) is 14.4. The third-order valence-electron chi connectivity index (χ3n) is 2.16. The van der Waals surface area contributed by atoms with E-state index in [4.69, 9.17) is 21.1 Å². The third kappa shape index (κ3) is 6.10. The van der Waals surface area contributed by atoms with Crippen LogP contribution in [-0.2, 0) is 14.3 Å². The SMILES string of the molecule is CCC[C@](C)(NC(=O)OC(C)(C)C)C(=O)OCCl. The lowest BCUT2D eigenvalue weighted by Gasteiger charge is -2.29. The first-order valence-electron chi connectivity index (χ1n) is 5.89. The molecule has 0 aliphatic heterocycles. The van der Waals surface area contributed by atoms with Crippen LogP contribution >= 0.6 is 11.6 Å². The van der Waals surface area contributed by atoms with Crippen molar-refractivity contribution in [3.05, 3.63) is 0 Å². The van der Waals surface area contributed by atoms with Gasteiger partial charge in [-0.3, -0.25) is 0 Å². The minimum absolute atomic E-state index is 0.242. The molecule has 0 radical (unpaired) electrons. The molecule has 0 aromatic heterocycles. The Labute approximate surface area is 113 Å². The molecule has 5 nitrogen and oxygen atoms in total. The highest BCUT2D eigenvalue weighted by Crippen LogP contribution is 2.16. The number of rotatable bonds is 5. The van der Waals surface area contributed by atoms with Crippen LogP contribution in [0.3, 0.4) is 0 Å². The summed E-state index contributed by atoms with van der Waals surface area (Å²) in [6.45, 7) is 8.75. The first-order valence-corrected chi connectivity index (χ1v) is 6.42. The number of alkyl halides is 1. The molecule has 18 heavy (non-hydrogen) atoms. The molecule has 0 aliphatic carbocycles. The molecular formula is C12H22ClNO4. The van der Waals surface area contributed by atoms with E-state index in [-0.39, 0.29) is 6.07 Å². The van der Waals surface area contributed by atoms with Crippen LogP contribution < -0.4 is 5.32 Å². The highest BCUT2D eigenvalue weighted by molar-refractivity contribution is 6.17. The predicted octanol–water partition coefficient (Wildman–Crippen LogP) is 2.81. The zero-order valence-corrected chi connectivity index (χ0v) is 12.4. The predicted molar refractivity (Wildman–Crippen MR) is 69.5 cm³/mol. The van der Waals surface area contributed by atoms with Gasteiger partial charge in [-0.1, -0.05) is 24.9 Å². The second kappa shape index (κ2) is 6.83. The van der Waals surface area contributed by atoms with Crippen LogP contribution in [0.25, 0.3) is 0 Å². The highest BCUT2D eigenvalue weighted by atomic mass is 35.5. The average Bonchev–Trinajstić information content (AvgIpc) is 2.14. The zero-order valence-electron chi connectivity index (χ0n) is 11.6. The van der Waals surface area contributed by atoms with Gasteiger partial charge in [-0.05, 0) is 34.1 Å². The molecule has 0 aromatic carbocycles. The van der Waals surface area contributed by atoms with Crippen LogP contribution in [0.15, 0.2) is 0 Å². The van der Waals surface area contributed by atoms with Crippen LogP contribution in [0, 0.1) is 0 Å². The maximum absolute atomic E-state index is 11.8. The molecule has 0 aliphatic rings. The number of halogens is 1. The minimum Gasteiger partial charge on any atom is -0.448 e. The Morgan fingerprint density at radius 2 is 1.78 bits per heavy atom. The van der Waals surface area contributed by atoms with Crippen LogP contribution in [0.1, 0.15) is 47.5 Å². The number of alkyl carbamates (subject to hydrolysis) is 1. The van der Waals surface area contributed by atoms with Gasteiger partial charge in [-0.25, -0.2) is 9.59 Å². The van der Waals surface area contributed by atoms with Gasteiger partial charge >= 0.3 is 12.1 Å². The summed E-state index contributed by atoms with van der Waals surface area (Å²) in [5.41, 5.74) is -1.74. The van der Waals surface area contributed by atoms with Crippen molar-refractivity contribution in [2.75, 3.05) is 6.07 Å². The molecule has 0 saturated heterocycles. The Balaban J connectivity index is 4.70. The van der Waals surface area contributed by atoms with Crippen LogP contribution in [-0.4, -0.2) is 29.3 Å². The van der Waals surface area contributed by atoms with E-state index >= 15 is 0 Å². The van der Waals surface area contributed by atoms with Crippen LogP contribution in [0.4, 0.5) is 4.79 Å². The van der Waals surface area contributed by atoms with Crippen molar-refractivity contribution in [3.63, 3.8) is 0 Å². The summed E-state index contributed by atoms with van der Waals surface area (Å²) in [4.78, 5) is 23.5. The molecule has 1 atom stereocenters. The molecule has 1 N–H and O–H groups in total. The Morgan fingerprint density at radius 3 is 2.17 bits per heavy atom. The fourth-order valence-electron chi connectivity index (χ4n) is 1.45. The topological polar surface area (TPSA) is 64.6 Å². The highest BCUT2D eigenvalue weighted by Gasteiger charge is 2.37. The normalized spacial score (nSPS) is 14.6. The lowest BCUT2D eigenvalue weighted by Crippen LogP contribution is -2.54. The van der Waals surface area contributed by atoms with E-state index in [1.54, 1.807) is 27.7 Å². The Bertz CT molecular complexity index is 301. The molecule has 0 heterocycles. The summed E-state index contributed by atoms with van der Waals surface area (Å²) < 4.78 is 9.86. The van der Waals surface area contributed by atoms with Gasteiger partial charge in [-0.2, -0.15) is 0 Å². The lowest BCUT2D eigenvalue weighted by molar-refractivity contribution is -0.149. The maximum Gasteiger partial charge on any atom is 0.408 e. The summed E-state index contributed by atoms with van der Waals surface area (Å²) in [5.74, 6) is -0.565. The molecule has 6 heteroatoms. The van der Waals surface area contributed by atoms with E-state index in [1.807, 2.05) is 6.92 Å². The second-order valence-electron chi connectivity index (χ2n) is 5.25. The fourth-order valence-corrected chi connectivity index (χ4v) is 1.55.